The minimum absolute atomic E-state index is 0.240. The molecule has 0 aliphatic carbocycles. The molecule has 0 unspecified atom stereocenters. The third-order valence-electron chi connectivity index (χ3n) is 4.13. The lowest BCUT2D eigenvalue weighted by Crippen LogP contribution is -2.42. The molecule has 1 aromatic carbocycles. The molecule has 29 heavy (non-hydrogen) atoms. The molecule has 3 N–H and O–H groups in total. The van der Waals surface area contributed by atoms with Crippen molar-refractivity contribution in [2.24, 2.45) is 4.99 Å². The van der Waals surface area contributed by atoms with Crippen molar-refractivity contribution in [2.75, 3.05) is 51.3 Å². The first kappa shape index (κ1) is 22.7. The second-order valence-electron chi connectivity index (χ2n) is 7.67. The van der Waals surface area contributed by atoms with E-state index in [9.17, 15) is 9.18 Å². The van der Waals surface area contributed by atoms with E-state index in [4.69, 9.17) is 9.47 Å². The van der Waals surface area contributed by atoms with Gasteiger partial charge in [0, 0.05) is 39.8 Å². The number of nitrogens with one attached hydrogen (secondary N) is 3. The molecule has 162 valence electrons. The van der Waals surface area contributed by atoms with E-state index in [1.54, 1.807) is 13.1 Å². The highest BCUT2D eigenvalue weighted by molar-refractivity contribution is 5.79. The van der Waals surface area contributed by atoms with Crippen LogP contribution < -0.4 is 20.9 Å². The van der Waals surface area contributed by atoms with Crippen molar-refractivity contribution in [3.05, 3.63) is 29.6 Å². The first-order valence-corrected chi connectivity index (χ1v) is 9.81. The summed E-state index contributed by atoms with van der Waals surface area (Å²) in [7, 11) is 1.65. The van der Waals surface area contributed by atoms with Crippen molar-refractivity contribution in [3.63, 3.8) is 0 Å². The Morgan fingerprint density at radius 1 is 1.21 bits per heavy atom. The van der Waals surface area contributed by atoms with E-state index in [-0.39, 0.29) is 5.82 Å². The van der Waals surface area contributed by atoms with Crippen molar-refractivity contribution in [2.45, 2.75) is 32.9 Å². The molecular weight excluding hydrogens is 377 g/mol. The third kappa shape index (κ3) is 8.15. The van der Waals surface area contributed by atoms with Gasteiger partial charge in [-0.25, -0.2) is 9.18 Å². The van der Waals surface area contributed by atoms with Crippen LogP contribution in [0.2, 0.25) is 0 Å². The number of carbonyl (C=O) groups excluding carboxylic acids is 1. The number of amides is 1. The van der Waals surface area contributed by atoms with Crippen LogP contribution >= 0.6 is 0 Å². The van der Waals surface area contributed by atoms with Crippen LogP contribution in [0.25, 0.3) is 0 Å². The number of rotatable bonds is 6. The largest absolute Gasteiger partial charge is 0.444 e. The zero-order chi connectivity index (χ0) is 21.3. The highest BCUT2D eigenvalue weighted by Gasteiger charge is 2.16. The second-order valence-corrected chi connectivity index (χ2v) is 7.67. The summed E-state index contributed by atoms with van der Waals surface area (Å²) < 4.78 is 25.0. The molecule has 1 saturated heterocycles. The summed E-state index contributed by atoms with van der Waals surface area (Å²) in [5.74, 6) is 0.323. The summed E-state index contributed by atoms with van der Waals surface area (Å²) in [4.78, 5) is 17.7. The van der Waals surface area contributed by atoms with Crippen LogP contribution in [0.4, 0.5) is 14.9 Å². The van der Waals surface area contributed by atoms with Crippen LogP contribution in [-0.4, -0.2) is 64.1 Å². The molecule has 1 amide bonds. The van der Waals surface area contributed by atoms with Gasteiger partial charge in [0.1, 0.15) is 11.4 Å². The smallest absolute Gasteiger partial charge is 0.407 e. The summed E-state index contributed by atoms with van der Waals surface area (Å²) in [6.07, 6.45) is -0.460. The molecule has 1 aliphatic heterocycles. The average Bonchev–Trinajstić information content (AvgIpc) is 2.67. The summed E-state index contributed by atoms with van der Waals surface area (Å²) in [5, 5.41) is 8.89. The van der Waals surface area contributed by atoms with Gasteiger partial charge in [-0.05, 0) is 38.5 Å². The van der Waals surface area contributed by atoms with Crippen LogP contribution in [0.3, 0.4) is 0 Å². The number of alkyl carbamates (subject to hydrolysis) is 1. The molecular formula is C20H32FN5O3. The Balaban J connectivity index is 1.74. The number of carbonyl (C=O) groups is 1. The average molecular weight is 410 g/mol. The second kappa shape index (κ2) is 10.8. The van der Waals surface area contributed by atoms with Crippen molar-refractivity contribution in [1.29, 1.82) is 0 Å². The van der Waals surface area contributed by atoms with Gasteiger partial charge in [-0.2, -0.15) is 0 Å². The monoisotopic (exact) mass is 409 g/mol. The molecule has 0 radical (unpaired) electrons. The summed E-state index contributed by atoms with van der Waals surface area (Å²) in [5.41, 5.74) is 0.893. The number of hydrogen-bond acceptors (Lipinski definition) is 5. The van der Waals surface area contributed by atoms with E-state index in [1.165, 1.54) is 6.07 Å². The minimum atomic E-state index is -0.526. The van der Waals surface area contributed by atoms with Crippen LogP contribution in [0.1, 0.15) is 26.3 Å². The third-order valence-corrected chi connectivity index (χ3v) is 4.13. The number of nitrogens with zero attached hydrogens (tertiary/aromatic N) is 2. The van der Waals surface area contributed by atoms with Gasteiger partial charge in [-0.3, -0.25) is 4.99 Å². The molecule has 0 atom stereocenters. The van der Waals surface area contributed by atoms with Crippen LogP contribution in [0.15, 0.2) is 23.2 Å². The van der Waals surface area contributed by atoms with Gasteiger partial charge in [-0.1, -0.05) is 6.07 Å². The molecule has 1 aliphatic rings. The summed E-state index contributed by atoms with van der Waals surface area (Å²) in [6.45, 7) is 9.36. The van der Waals surface area contributed by atoms with E-state index < -0.39 is 11.7 Å². The SMILES string of the molecule is CN=C(NCCNC(=O)OC(C)(C)C)NCc1ccc(N2CCOCC2)c(F)c1. The predicted molar refractivity (Wildman–Crippen MR) is 112 cm³/mol. The lowest BCUT2D eigenvalue weighted by molar-refractivity contribution is 0.0529. The molecule has 0 saturated carbocycles. The fraction of sp³-hybridized carbons (Fsp3) is 0.600. The van der Waals surface area contributed by atoms with E-state index in [0.717, 1.165) is 5.56 Å². The fourth-order valence-electron chi connectivity index (χ4n) is 2.79. The van der Waals surface area contributed by atoms with E-state index in [2.05, 4.69) is 20.9 Å². The summed E-state index contributed by atoms with van der Waals surface area (Å²) >= 11 is 0. The Morgan fingerprint density at radius 3 is 2.52 bits per heavy atom. The Bertz CT molecular complexity index is 700. The van der Waals surface area contributed by atoms with E-state index in [1.807, 2.05) is 31.7 Å². The van der Waals surface area contributed by atoms with Crippen molar-refractivity contribution in [1.82, 2.24) is 16.0 Å². The predicted octanol–water partition coefficient (Wildman–Crippen LogP) is 1.85. The standard InChI is InChI=1S/C20H32FN5O3/c1-20(2,3)29-19(27)24-8-7-23-18(22-4)25-14-15-5-6-17(16(21)13-15)26-9-11-28-12-10-26/h5-6,13H,7-12,14H2,1-4H3,(H,24,27)(H2,22,23,25). The van der Waals surface area contributed by atoms with Crippen LogP contribution in [0, 0.1) is 5.82 Å². The maximum Gasteiger partial charge on any atom is 0.407 e. The molecule has 8 nitrogen and oxygen atoms in total. The molecule has 9 heteroatoms. The Hall–Kier alpha value is -2.55. The maximum atomic E-state index is 14.5. The van der Waals surface area contributed by atoms with Crippen LogP contribution in [0.5, 0.6) is 0 Å². The molecule has 0 bridgehead atoms. The molecule has 1 heterocycles. The fourth-order valence-corrected chi connectivity index (χ4v) is 2.79. The van der Waals surface area contributed by atoms with E-state index >= 15 is 0 Å². The Morgan fingerprint density at radius 2 is 1.90 bits per heavy atom. The van der Waals surface area contributed by atoms with Gasteiger partial charge in [0.25, 0.3) is 0 Å². The first-order chi connectivity index (χ1) is 13.8. The topological polar surface area (TPSA) is 87.2 Å². The van der Waals surface area contributed by atoms with Crippen molar-refractivity contribution in [3.8, 4) is 0 Å². The molecule has 1 aromatic rings. The molecule has 1 fully saturated rings. The quantitative estimate of drug-likeness (QED) is 0.378. The normalized spacial score (nSPS) is 15.1. The number of halogens is 1. The number of benzene rings is 1. The maximum absolute atomic E-state index is 14.5. The lowest BCUT2D eigenvalue weighted by atomic mass is 10.1. The molecule has 0 aromatic heterocycles. The zero-order valence-electron chi connectivity index (χ0n) is 17.7. The number of aliphatic imine (C=N–C) groups is 1. The van der Waals surface area contributed by atoms with Gasteiger partial charge >= 0.3 is 6.09 Å². The van der Waals surface area contributed by atoms with Gasteiger partial charge in [-0.15, -0.1) is 0 Å². The van der Waals surface area contributed by atoms with Gasteiger partial charge < -0.3 is 30.3 Å². The van der Waals surface area contributed by atoms with Gasteiger partial charge in [0.05, 0.1) is 18.9 Å². The molecule has 2 rings (SSSR count). The molecule has 0 spiro atoms. The number of anilines is 1. The van der Waals surface area contributed by atoms with Crippen molar-refractivity contribution < 1.29 is 18.7 Å². The number of guanidine groups is 1. The Kier molecular flexibility index (Phi) is 8.50. The van der Waals surface area contributed by atoms with Crippen LogP contribution in [-0.2, 0) is 16.0 Å². The lowest BCUT2D eigenvalue weighted by Gasteiger charge is -2.29. The number of morpholine rings is 1. The highest BCUT2D eigenvalue weighted by atomic mass is 19.1. The van der Waals surface area contributed by atoms with E-state index in [0.29, 0.717) is 57.6 Å². The summed E-state index contributed by atoms with van der Waals surface area (Å²) in [6, 6.07) is 5.24. The van der Waals surface area contributed by atoms with Gasteiger partial charge in [0.15, 0.2) is 5.96 Å². The van der Waals surface area contributed by atoms with Crippen molar-refractivity contribution >= 4 is 17.7 Å². The number of ether oxygens (including phenoxy) is 2. The highest BCUT2D eigenvalue weighted by Crippen LogP contribution is 2.21. The minimum Gasteiger partial charge on any atom is -0.444 e. The Labute approximate surface area is 171 Å². The number of hydrogen-bond donors (Lipinski definition) is 3. The van der Waals surface area contributed by atoms with Gasteiger partial charge in [0.2, 0.25) is 0 Å². The first-order valence-electron chi connectivity index (χ1n) is 9.81. The zero-order valence-corrected chi connectivity index (χ0v) is 17.7.